The van der Waals surface area contributed by atoms with Gasteiger partial charge in [-0.15, -0.1) is 0 Å². The van der Waals surface area contributed by atoms with Gasteiger partial charge in [-0.25, -0.2) is 0 Å². The third-order valence-corrected chi connectivity index (χ3v) is 3.52. The molecule has 0 unspecified atom stereocenters. The van der Waals surface area contributed by atoms with Crippen molar-refractivity contribution in [3.63, 3.8) is 0 Å². The zero-order valence-electron chi connectivity index (χ0n) is 7.18. The predicted molar refractivity (Wildman–Crippen MR) is 51.8 cm³/mol. The molecule has 1 aromatic carbocycles. The molecule has 0 aromatic heterocycles. The Labute approximate surface area is 103 Å². The van der Waals surface area contributed by atoms with E-state index in [1.807, 2.05) is 0 Å². The third kappa shape index (κ3) is 2.91. The smallest absolute Gasteiger partial charge is 0.166 e. The van der Waals surface area contributed by atoms with E-state index in [4.69, 9.17) is 0 Å². The van der Waals surface area contributed by atoms with Crippen molar-refractivity contribution in [3.8, 4) is 0 Å². The highest BCUT2D eigenvalue weighted by atomic mass is 79.9. The summed E-state index contributed by atoms with van der Waals surface area (Å²) in [6.07, 6.45) is -10.1. The fraction of sp³-hybridized carbons (Fsp3) is 0.250. The van der Waals surface area contributed by atoms with E-state index in [9.17, 15) is 26.3 Å². The minimum atomic E-state index is -5.05. The quantitative estimate of drug-likeness (QED) is 0.546. The number of halogens is 8. The van der Waals surface area contributed by atoms with Crippen molar-refractivity contribution in [1.82, 2.24) is 0 Å². The molecule has 0 heterocycles. The summed E-state index contributed by atoms with van der Waals surface area (Å²) in [6.45, 7) is 0. The van der Waals surface area contributed by atoms with E-state index in [0.29, 0.717) is 12.1 Å². The molecule has 0 spiro atoms. The van der Waals surface area contributed by atoms with Crippen LogP contribution in [0.5, 0.6) is 0 Å². The maximum Gasteiger partial charge on any atom is 0.417 e. The van der Waals surface area contributed by atoms with Crippen LogP contribution in [0.4, 0.5) is 26.3 Å². The fourth-order valence-electron chi connectivity index (χ4n) is 1.02. The van der Waals surface area contributed by atoms with Gasteiger partial charge in [0.2, 0.25) is 0 Å². The Kier molecular flexibility index (Phi) is 3.64. The van der Waals surface area contributed by atoms with Crippen molar-refractivity contribution in [1.29, 1.82) is 0 Å². The van der Waals surface area contributed by atoms with Crippen LogP contribution in [-0.4, -0.2) is 0 Å². The van der Waals surface area contributed by atoms with E-state index in [0.717, 1.165) is 0 Å². The molecule has 0 aliphatic rings. The van der Waals surface area contributed by atoms with Gasteiger partial charge in [0.15, 0.2) is 0 Å². The van der Waals surface area contributed by atoms with E-state index >= 15 is 0 Å². The van der Waals surface area contributed by atoms with Crippen LogP contribution < -0.4 is 0 Å². The molecule has 0 aliphatic heterocycles. The van der Waals surface area contributed by atoms with Gasteiger partial charge in [-0.1, -0.05) is 0 Å². The van der Waals surface area contributed by atoms with Gasteiger partial charge in [0.25, 0.3) is 0 Å². The van der Waals surface area contributed by atoms with Gasteiger partial charge >= 0.3 is 12.4 Å². The van der Waals surface area contributed by atoms with Crippen LogP contribution in [0.25, 0.3) is 0 Å². The molecule has 0 amide bonds. The highest BCUT2D eigenvalue weighted by Gasteiger charge is 2.43. The SMILES string of the molecule is FC(F)(F)c1cc(Br)c(Br)cc1C(F)(F)F. The lowest BCUT2D eigenvalue weighted by Gasteiger charge is -2.16. The summed E-state index contributed by atoms with van der Waals surface area (Å²) >= 11 is 5.45. The molecule has 0 N–H and O–H groups in total. The van der Waals surface area contributed by atoms with Crippen LogP contribution in [0.3, 0.4) is 0 Å². The first kappa shape index (κ1) is 13.8. The van der Waals surface area contributed by atoms with Gasteiger partial charge < -0.3 is 0 Å². The number of benzene rings is 1. The lowest BCUT2D eigenvalue weighted by Crippen LogP contribution is -2.16. The molecule has 0 radical (unpaired) electrons. The summed E-state index contributed by atoms with van der Waals surface area (Å²) in [5.74, 6) is 0. The molecule has 8 heteroatoms. The van der Waals surface area contributed by atoms with Gasteiger partial charge in [-0.3, -0.25) is 0 Å². The molecular weight excluding hydrogens is 370 g/mol. The summed E-state index contributed by atoms with van der Waals surface area (Å²) in [7, 11) is 0. The lowest BCUT2D eigenvalue weighted by molar-refractivity contribution is -0.162. The average Bonchev–Trinajstić information content (AvgIpc) is 2.05. The average molecular weight is 372 g/mol. The Balaban J connectivity index is 3.53. The van der Waals surface area contributed by atoms with Gasteiger partial charge in [0, 0.05) is 8.95 Å². The van der Waals surface area contributed by atoms with Crippen LogP contribution in [-0.2, 0) is 12.4 Å². The van der Waals surface area contributed by atoms with Gasteiger partial charge in [0.1, 0.15) is 0 Å². The highest BCUT2D eigenvalue weighted by molar-refractivity contribution is 9.13. The first-order valence-electron chi connectivity index (χ1n) is 3.67. The maximum absolute atomic E-state index is 12.4. The third-order valence-electron chi connectivity index (χ3n) is 1.67. The van der Waals surface area contributed by atoms with Crippen molar-refractivity contribution < 1.29 is 26.3 Å². The van der Waals surface area contributed by atoms with Crippen molar-refractivity contribution >= 4 is 31.9 Å². The van der Waals surface area contributed by atoms with Crippen molar-refractivity contribution in [3.05, 3.63) is 32.2 Å². The number of alkyl halides is 6. The molecule has 0 atom stereocenters. The molecule has 0 saturated carbocycles. The van der Waals surface area contributed by atoms with Crippen LogP contribution in [0.15, 0.2) is 21.1 Å². The van der Waals surface area contributed by atoms with Gasteiger partial charge in [0.05, 0.1) is 11.1 Å². The Morgan fingerprint density at radius 3 is 1.12 bits per heavy atom. The van der Waals surface area contributed by atoms with Crippen molar-refractivity contribution in [2.75, 3.05) is 0 Å². The molecule has 0 fully saturated rings. The fourth-order valence-corrected chi connectivity index (χ4v) is 1.70. The first-order valence-corrected chi connectivity index (χ1v) is 5.25. The minimum absolute atomic E-state index is 0.0900. The zero-order chi connectivity index (χ0) is 12.7. The molecule has 1 aromatic rings. The molecule has 0 saturated heterocycles. The lowest BCUT2D eigenvalue weighted by atomic mass is 10.1. The Morgan fingerprint density at radius 2 is 0.938 bits per heavy atom. The van der Waals surface area contributed by atoms with Gasteiger partial charge in [-0.05, 0) is 44.0 Å². The summed E-state index contributed by atoms with van der Waals surface area (Å²) in [6, 6.07) is 0.791. The largest absolute Gasteiger partial charge is 0.417 e. The Hall–Kier alpha value is -0.240. The van der Waals surface area contributed by atoms with E-state index in [1.165, 1.54) is 0 Å². The Bertz CT molecular complexity index is 367. The number of rotatable bonds is 0. The summed E-state index contributed by atoms with van der Waals surface area (Å²) in [4.78, 5) is 0. The maximum atomic E-state index is 12.4. The second-order valence-electron chi connectivity index (χ2n) is 2.81. The summed E-state index contributed by atoms with van der Waals surface area (Å²) < 4.78 is 73.9. The van der Waals surface area contributed by atoms with Crippen LogP contribution in [0, 0.1) is 0 Å². The standard InChI is InChI=1S/C8H2Br2F6/c9-5-1-3(7(11,12)13)4(2-6(5)10)8(14,15)16/h1-2H. The van der Waals surface area contributed by atoms with Crippen LogP contribution >= 0.6 is 31.9 Å². The summed E-state index contributed by atoms with van der Waals surface area (Å²) in [5, 5.41) is 0. The Morgan fingerprint density at radius 1 is 0.688 bits per heavy atom. The second-order valence-corrected chi connectivity index (χ2v) is 4.52. The zero-order valence-corrected chi connectivity index (χ0v) is 10.4. The second kappa shape index (κ2) is 4.21. The van der Waals surface area contributed by atoms with Crippen LogP contribution in [0.1, 0.15) is 11.1 Å². The van der Waals surface area contributed by atoms with E-state index in [1.54, 1.807) is 0 Å². The van der Waals surface area contributed by atoms with E-state index < -0.39 is 23.5 Å². The molecule has 0 aliphatic carbocycles. The minimum Gasteiger partial charge on any atom is -0.166 e. The van der Waals surface area contributed by atoms with Crippen LogP contribution in [0.2, 0.25) is 0 Å². The van der Waals surface area contributed by atoms with Crippen molar-refractivity contribution in [2.45, 2.75) is 12.4 Å². The molecular formula is C8H2Br2F6. The molecule has 0 bridgehead atoms. The van der Waals surface area contributed by atoms with E-state index in [2.05, 4.69) is 31.9 Å². The molecule has 0 nitrogen and oxygen atoms in total. The first-order chi connectivity index (χ1) is 7.03. The number of hydrogen-bond donors (Lipinski definition) is 0. The van der Waals surface area contributed by atoms with Gasteiger partial charge in [-0.2, -0.15) is 26.3 Å². The monoisotopic (exact) mass is 370 g/mol. The number of hydrogen-bond acceptors (Lipinski definition) is 0. The highest BCUT2D eigenvalue weighted by Crippen LogP contribution is 2.43. The molecule has 90 valence electrons. The normalized spacial score (nSPS) is 13.0. The molecule has 1 rings (SSSR count). The van der Waals surface area contributed by atoms with Crippen molar-refractivity contribution in [2.24, 2.45) is 0 Å². The molecule has 16 heavy (non-hydrogen) atoms. The predicted octanol–water partition coefficient (Wildman–Crippen LogP) is 5.25. The summed E-state index contributed by atoms with van der Waals surface area (Å²) in [5.41, 5.74) is -3.43. The topological polar surface area (TPSA) is 0 Å². The van der Waals surface area contributed by atoms with E-state index in [-0.39, 0.29) is 8.95 Å².